The van der Waals surface area contributed by atoms with Crippen LogP contribution in [0.3, 0.4) is 0 Å². The first-order valence-electron chi connectivity index (χ1n) is 10.0. The summed E-state index contributed by atoms with van der Waals surface area (Å²) in [7, 11) is 0. The van der Waals surface area contributed by atoms with Crippen LogP contribution >= 0.6 is 0 Å². The molecule has 2 rings (SSSR count). The van der Waals surface area contributed by atoms with E-state index in [0.717, 1.165) is 12.8 Å². The zero-order valence-corrected chi connectivity index (χ0v) is 17.7. The number of rotatable bonds is 7. The second-order valence-corrected chi connectivity index (χ2v) is 6.64. The normalized spacial score (nSPS) is 15.8. The molecule has 2 heterocycles. The third-order valence-corrected chi connectivity index (χ3v) is 3.91. The van der Waals surface area contributed by atoms with Crippen LogP contribution in [0.1, 0.15) is 66.5 Å². The summed E-state index contributed by atoms with van der Waals surface area (Å²) in [6.45, 7) is 11.4. The van der Waals surface area contributed by atoms with E-state index in [1.807, 2.05) is 27.7 Å². The van der Waals surface area contributed by atoms with Crippen molar-refractivity contribution >= 4 is 12.3 Å². The molecule has 0 aromatic carbocycles. The lowest BCUT2D eigenvalue weighted by atomic mass is 10.0. The van der Waals surface area contributed by atoms with Crippen LogP contribution in [0.2, 0.25) is 0 Å². The minimum atomic E-state index is -0.644. The summed E-state index contributed by atoms with van der Waals surface area (Å²) < 4.78 is 18.3. The van der Waals surface area contributed by atoms with Gasteiger partial charge in [0.2, 0.25) is 0 Å². The van der Waals surface area contributed by atoms with Crippen molar-refractivity contribution < 1.29 is 18.7 Å². The van der Waals surface area contributed by atoms with Gasteiger partial charge in [-0.1, -0.05) is 41.2 Å². The van der Waals surface area contributed by atoms with Gasteiger partial charge in [-0.25, -0.2) is 9.18 Å². The minimum absolute atomic E-state index is 0. The lowest BCUT2D eigenvalue weighted by Gasteiger charge is -2.20. The number of alkyl halides is 1. The molecule has 1 aliphatic heterocycles. The SMILES string of the molecule is C.CC.CCOC(=O)C(CC(C)C)n1cc(CC=O)ccc1=O.FC1CCNC1. The summed E-state index contributed by atoms with van der Waals surface area (Å²) in [6.07, 6.45) is 3.22. The summed E-state index contributed by atoms with van der Waals surface area (Å²) >= 11 is 0. The Morgan fingerprint density at radius 3 is 2.45 bits per heavy atom. The number of nitrogens with one attached hydrogen (secondary N) is 1. The molecule has 1 aromatic heterocycles. The van der Waals surface area contributed by atoms with Gasteiger partial charge in [0.15, 0.2) is 0 Å². The van der Waals surface area contributed by atoms with Crippen molar-refractivity contribution in [2.45, 2.75) is 73.5 Å². The lowest BCUT2D eigenvalue weighted by molar-refractivity contribution is -0.147. The fraction of sp³-hybridized carbons (Fsp3) is 0.682. The van der Waals surface area contributed by atoms with Crippen molar-refractivity contribution in [1.29, 1.82) is 0 Å². The number of aldehydes is 1. The van der Waals surface area contributed by atoms with Crippen LogP contribution in [0.15, 0.2) is 23.1 Å². The number of halogens is 1. The molecule has 0 spiro atoms. The number of pyridine rings is 1. The maximum Gasteiger partial charge on any atom is 0.329 e. The fourth-order valence-electron chi connectivity index (χ4n) is 2.64. The number of carbonyl (C=O) groups excluding carboxylic acids is 2. The van der Waals surface area contributed by atoms with E-state index in [1.54, 1.807) is 19.2 Å². The maximum absolute atomic E-state index is 12.0. The monoisotopic (exact) mass is 414 g/mol. The lowest BCUT2D eigenvalue weighted by Crippen LogP contribution is -2.31. The third-order valence-electron chi connectivity index (χ3n) is 3.91. The second-order valence-electron chi connectivity index (χ2n) is 6.64. The molecule has 0 radical (unpaired) electrons. The molecule has 168 valence electrons. The van der Waals surface area contributed by atoms with Crippen molar-refractivity contribution in [2.24, 2.45) is 5.92 Å². The second kappa shape index (κ2) is 16.9. The highest BCUT2D eigenvalue weighted by atomic mass is 19.1. The zero-order valence-electron chi connectivity index (χ0n) is 17.7. The van der Waals surface area contributed by atoms with Crippen molar-refractivity contribution in [3.8, 4) is 0 Å². The molecule has 29 heavy (non-hydrogen) atoms. The van der Waals surface area contributed by atoms with Gasteiger partial charge >= 0.3 is 5.97 Å². The van der Waals surface area contributed by atoms with Gasteiger partial charge < -0.3 is 19.4 Å². The number of esters is 1. The molecule has 1 N–H and O–H groups in total. The van der Waals surface area contributed by atoms with E-state index in [4.69, 9.17) is 4.74 Å². The zero-order chi connectivity index (χ0) is 21.5. The highest BCUT2D eigenvalue weighted by Gasteiger charge is 2.24. The molecule has 6 nitrogen and oxygen atoms in total. The minimum Gasteiger partial charge on any atom is -0.464 e. The molecule has 0 bridgehead atoms. The smallest absolute Gasteiger partial charge is 0.329 e. The van der Waals surface area contributed by atoms with Crippen LogP contribution in [0, 0.1) is 5.92 Å². The Labute approximate surface area is 174 Å². The van der Waals surface area contributed by atoms with E-state index in [9.17, 15) is 18.8 Å². The number of ether oxygens (including phenoxy) is 1. The maximum atomic E-state index is 12.0. The summed E-state index contributed by atoms with van der Waals surface area (Å²) in [5.74, 6) is -0.169. The average molecular weight is 415 g/mol. The molecule has 7 heteroatoms. The predicted octanol–water partition coefficient (Wildman–Crippen LogP) is 3.72. The summed E-state index contributed by atoms with van der Waals surface area (Å²) in [5.41, 5.74) is 0.441. The number of hydrogen-bond acceptors (Lipinski definition) is 5. The first-order chi connectivity index (χ1) is 13.4. The third kappa shape index (κ3) is 11.5. The summed E-state index contributed by atoms with van der Waals surface area (Å²) in [4.78, 5) is 34.6. The van der Waals surface area contributed by atoms with E-state index in [1.165, 1.54) is 10.6 Å². The molecule has 2 unspecified atom stereocenters. The first kappa shape index (κ1) is 29.2. The van der Waals surface area contributed by atoms with Gasteiger partial charge in [-0.05, 0) is 37.8 Å². The van der Waals surface area contributed by atoms with Gasteiger partial charge in [-0.3, -0.25) is 4.79 Å². The Morgan fingerprint density at radius 2 is 2.03 bits per heavy atom. The van der Waals surface area contributed by atoms with Gasteiger partial charge in [0, 0.05) is 25.2 Å². The number of nitrogens with zero attached hydrogens (tertiary/aromatic N) is 1. The molecule has 1 saturated heterocycles. The Balaban J connectivity index is 0. The molecule has 1 fully saturated rings. The Hall–Kier alpha value is -2.02. The molecule has 0 amide bonds. The highest BCUT2D eigenvalue weighted by molar-refractivity contribution is 5.74. The highest BCUT2D eigenvalue weighted by Crippen LogP contribution is 2.18. The summed E-state index contributed by atoms with van der Waals surface area (Å²) in [5, 5.41) is 2.90. The molecule has 2 atom stereocenters. The van der Waals surface area contributed by atoms with Crippen molar-refractivity contribution in [2.75, 3.05) is 19.7 Å². The number of hydrogen-bond donors (Lipinski definition) is 1. The average Bonchev–Trinajstić information content (AvgIpc) is 3.15. The molecular weight excluding hydrogens is 375 g/mol. The molecule has 1 aliphatic rings. The first-order valence-corrected chi connectivity index (χ1v) is 10.0. The molecule has 0 aliphatic carbocycles. The Morgan fingerprint density at radius 1 is 1.38 bits per heavy atom. The number of carbonyl (C=O) groups is 2. The van der Waals surface area contributed by atoms with Crippen LogP contribution in [-0.2, 0) is 20.7 Å². The van der Waals surface area contributed by atoms with Gasteiger partial charge in [-0.15, -0.1) is 0 Å². The fourth-order valence-corrected chi connectivity index (χ4v) is 2.64. The van der Waals surface area contributed by atoms with Crippen molar-refractivity contribution in [3.63, 3.8) is 0 Å². The standard InChI is InChI=1S/C15H21NO4.C4H8FN.C2H6.CH4/c1-4-20-15(19)13(9-11(2)3)16-10-12(7-8-17)5-6-14(16)18;5-4-1-2-6-3-4;1-2;/h5-6,8,10-11,13H,4,7,9H2,1-3H3;4,6H,1-3H2;1-2H3;1H4. The van der Waals surface area contributed by atoms with E-state index in [2.05, 4.69) is 5.32 Å². The van der Waals surface area contributed by atoms with Gasteiger partial charge in [0.05, 0.1) is 6.61 Å². The Bertz CT molecular complexity index is 625. The van der Waals surface area contributed by atoms with Gasteiger partial charge in [0.1, 0.15) is 18.5 Å². The van der Waals surface area contributed by atoms with E-state index in [0.29, 0.717) is 24.9 Å². The number of aromatic nitrogens is 1. The molecule has 0 saturated carbocycles. The molecular formula is C22H39FN2O4. The predicted molar refractivity (Wildman–Crippen MR) is 116 cm³/mol. The van der Waals surface area contributed by atoms with Crippen LogP contribution in [-0.4, -0.2) is 42.7 Å². The quantitative estimate of drug-likeness (QED) is 0.543. The van der Waals surface area contributed by atoms with Crippen LogP contribution in [0.5, 0.6) is 0 Å². The van der Waals surface area contributed by atoms with Gasteiger partial charge in [-0.2, -0.15) is 0 Å². The van der Waals surface area contributed by atoms with Crippen LogP contribution in [0.4, 0.5) is 4.39 Å². The molecule has 1 aromatic rings. The van der Waals surface area contributed by atoms with Crippen LogP contribution < -0.4 is 10.9 Å². The van der Waals surface area contributed by atoms with E-state index in [-0.39, 0.29) is 31.9 Å². The summed E-state index contributed by atoms with van der Waals surface area (Å²) in [6, 6.07) is 2.34. The Kier molecular flexibility index (Phi) is 17.0. The van der Waals surface area contributed by atoms with Crippen molar-refractivity contribution in [1.82, 2.24) is 9.88 Å². The van der Waals surface area contributed by atoms with Gasteiger partial charge in [0.25, 0.3) is 5.56 Å². The van der Waals surface area contributed by atoms with E-state index >= 15 is 0 Å². The topological polar surface area (TPSA) is 77.4 Å². The van der Waals surface area contributed by atoms with Crippen LogP contribution in [0.25, 0.3) is 0 Å². The van der Waals surface area contributed by atoms with E-state index < -0.39 is 18.2 Å². The van der Waals surface area contributed by atoms with Crippen molar-refractivity contribution in [3.05, 3.63) is 34.2 Å². The largest absolute Gasteiger partial charge is 0.464 e.